The van der Waals surface area contributed by atoms with Crippen LogP contribution in [0.25, 0.3) is 0 Å². The van der Waals surface area contributed by atoms with E-state index in [1.165, 1.54) is 0 Å². The predicted molar refractivity (Wildman–Crippen MR) is 85.3 cm³/mol. The summed E-state index contributed by atoms with van der Waals surface area (Å²) in [6.45, 7) is 1.89. The summed E-state index contributed by atoms with van der Waals surface area (Å²) >= 11 is 0. The summed E-state index contributed by atoms with van der Waals surface area (Å²) in [6, 6.07) is 7.06. The number of aromatic hydroxyl groups is 1. The van der Waals surface area contributed by atoms with E-state index in [9.17, 15) is 9.90 Å². The molecule has 0 unspecified atom stereocenters. The predicted octanol–water partition coefficient (Wildman–Crippen LogP) is 1.29. The first-order valence-corrected chi connectivity index (χ1v) is 8.27. The Labute approximate surface area is 139 Å². The Balaban J connectivity index is 1.39. The summed E-state index contributed by atoms with van der Waals surface area (Å²) in [4.78, 5) is 14.5. The van der Waals surface area contributed by atoms with Gasteiger partial charge in [-0.05, 0) is 30.5 Å². The van der Waals surface area contributed by atoms with Crippen molar-refractivity contribution >= 4 is 5.91 Å². The van der Waals surface area contributed by atoms with Gasteiger partial charge in [0.25, 0.3) is 0 Å². The van der Waals surface area contributed by atoms with Crippen LogP contribution < -0.4 is 0 Å². The monoisotopic (exact) mass is 328 g/mol. The summed E-state index contributed by atoms with van der Waals surface area (Å²) in [5, 5.41) is 17.4. The van der Waals surface area contributed by atoms with E-state index >= 15 is 0 Å². The van der Waals surface area contributed by atoms with Crippen LogP contribution in [0.5, 0.6) is 5.75 Å². The summed E-state index contributed by atoms with van der Waals surface area (Å²) in [7, 11) is 0. The molecule has 1 amide bonds. The van der Waals surface area contributed by atoms with Gasteiger partial charge in [-0.25, -0.2) is 4.68 Å². The highest BCUT2D eigenvalue weighted by Gasteiger charge is 2.37. The molecule has 7 nitrogen and oxygen atoms in total. The van der Waals surface area contributed by atoms with Gasteiger partial charge in [-0.3, -0.25) is 4.79 Å². The lowest BCUT2D eigenvalue weighted by molar-refractivity contribution is -0.138. The zero-order valence-electron chi connectivity index (χ0n) is 13.3. The van der Waals surface area contributed by atoms with Gasteiger partial charge in [0.15, 0.2) is 0 Å². The third-order valence-electron chi connectivity index (χ3n) is 4.85. The second-order valence-electron chi connectivity index (χ2n) is 6.38. The summed E-state index contributed by atoms with van der Waals surface area (Å²) in [5.41, 5.74) is 2.02. The highest BCUT2D eigenvalue weighted by Crippen LogP contribution is 2.30. The zero-order chi connectivity index (χ0) is 16.5. The molecule has 2 aliphatic heterocycles. The molecule has 7 heteroatoms. The van der Waals surface area contributed by atoms with E-state index < -0.39 is 0 Å². The quantitative estimate of drug-likeness (QED) is 0.918. The maximum absolute atomic E-state index is 12.6. The first-order chi connectivity index (χ1) is 11.7. The van der Waals surface area contributed by atoms with E-state index in [2.05, 4.69) is 10.3 Å². The fourth-order valence-corrected chi connectivity index (χ4v) is 3.48. The van der Waals surface area contributed by atoms with Crippen LogP contribution in [0.4, 0.5) is 0 Å². The van der Waals surface area contributed by atoms with Gasteiger partial charge < -0.3 is 14.7 Å². The number of aromatic nitrogens is 3. The highest BCUT2D eigenvalue weighted by atomic mass is 16.5. The maximum Gasteiger partial charge on any atom is 0.222 e. The molecule has 2 aliphatic rings. The number of ether oxygens (including phenoxy) is 1. The number of benzene rings is 1. The van der Waals surface area contributed by atoms with Gasteiger partial charge in [0, 0.05) is 19.5 Å². The highest BCUT2D eigenvalue weighted by molar-refractivity contribution is 5.76. The van der Waals surface area contributed by atoms with Gasteiger partial charge in [0.05, 0.1) is 30.6 Å². The largest absolute Gasteiger partial charge is 0.508 e. The molecule has 1 fully saturated rings. The molecule has 2 atom stereocenters. The van der Waals surface area contributed by atoms with Crippen LogP contribution in [0.1, 0.15) is 30.1 Å². The number of amides is 1. The van der Waals surface area contributed by atoms with Crippen LogP contribution >= 0.6 is 0 Å². The van der Waals surface area contributed by atoms with Crippen LogP contribution in [-0.2, 0) is 22.6 Å². The van der Waals surface area contributed by atoms with Crippen molar-refractivity contribution in [1.82, 2.24) is 19.9 Å². The number of rotatable bonds is 3. The molecule has 3 heterocycles. The topological polar surface area (TPSA) is 80.5 Å². The van der Waals surface area contributed by atoms with E-state index in [-0.39, 0.29) is 23.8 Å². The lowest BCUT2D eigenvalue weighted by Gasteiger charge is -2.41. The van der Waals surface area contributed by atoms with E-state index in [0.29, 0.717) is 26.0 Å². The van der Waals surface area contributed by atoms with Crippen LogP contribution in [0.3, 0.4) is 0 Å². The van der Waals surface area contributed by atoms with Crippen molar-refractivity contribution in [2.24, 2.45) is 0 Å². The molecule has 0 aliphatic carbocycles. The molecule has 24 heavy (non-hydrogen) atoms. The van der Waals surface area contributed by atoms with Gasteiger partial charge in [-0.1, -0.05) is 17.3 Å². The third-order valence-corrected chi connectivity index (χ3v) is 4.85. The van der Waals surface area contributed by atoms with Gasteiger partial charge in [0.1, 0.15) is 5.75 Å². The van der Waals surface area contributed by atoms with Gasteiger partial charge in [-0.2, -0.15) is 0 Å². The Morgan fingerprint density at radius 1 is 1.33 bits per heavy atom. The standard InChI is InChI=1S/C17H20N4O3/c22-14-4-1-12(2-5-14)3-6-17(23)20-8-7-16-15(10-20)21-13(11-24-16)9-18-19-21/h1-2,4-5,9,15-16,22H,3,6-8,10-11H2/t15-,16+/m0/s1. The lowest BCUT2D eigenvalue weighted by Crippen LogP contribution is -2.49. The van der Waals surface area contributed by atoms with Crippen LogP contribution in [0.2, 0.25) is 0 Å². The van der Waals surface area contributed by atoms with E-state index in [4.69, 9.17) is 4.74 Å². The van der Waals surface area contributed by atoms with Crippen LogP contribution in [0.15, 0.2) is 30.5 Å². The Bertz CT molecular complexity index is 728. The number of phenolic OH excluding ortho intramolecular Hbond substituents is 1. The van der Waals surface area contributed by atoms with Crippen molar-refractivity contribution in [3.63, 3.8) is 0 Å². The van der Waals surface area contributed by atoms with Crippen molar-refractivity contribution in [3.05, 3.63) is 41.7 Å². The molecule has 1 N–H and O–H groups in total. The minimum atomic E-state index is 0.0580. The number of phenols is 1. The average molecular weight is 328 g/mol. The maximum atomic E-state index is 12.6. The zero-order valence-corrected chi connectivity index (χ0v) is 13.3. The lowest BCUT2D eigenvalue weighted by atomic mass is 9.99. The first kappa shape index (κ1) is 15.1. The SMILES string of the molecule is O=C(CCc1ccc(O)cc1)N1CC[C@H]2OCc3cnnn3[C@H]2C1. The number of hydrogen-bond donors (Lipinski definition) is 1. The van der Waals surface area contributed by atoms with Crippen molar-refractivity contribution < 1.29 is 14.6 Å². The Hall–Kier alpha value is -2.41. The number of likely N-dealkylation sites (tertiary alicyclic amines) is 1. The number of aryl methyl sites for hydroxylation is 1. The molecule has 0 saturated carbocycles. The number of hydrogen-bond acceptors (Lipinski definition) is 5. The smallest absolute Gasteiger partial charge is 0.222 e. The molecule has 1 saturated heterocycles. The molecule has 4 rings (SSSR count). The van der Waals surface area contributed by atoms with E-state index in [1.807, 2.05) is 21.7 Å². The van der Waals surface area contributed by atoms with Crippen molar-refractivity contribution in [1.29, 1.82) is 0 Å². The third kappa shape index (κ3) is 2.87. The number of carbonyl (C=O) groups is 1. The first-order valence-electron chi connectivity index (χ1n) is 8.27. The molecule has 1 aromatic heterocycles. The number of fused-ring (bicyclic) bond motifs is 3. The molecule has 2 aromatic rings. The fraction of sp³-hybridized carbons (Fsp3) is 0.471. The molecule has 126 valence electrons. The molecular weight excluding hydrogens is 308 g/mol. The van der Waals surface area contributed by atoms with Gasteiger partial charge >= 0.3 is 0 Å². The van der Waals surface area contributed by atoms with Crippen LogP contribution in [-0.4, -0.2) is 50.1 Å². The number of nitrogens with zero attached hydrogens (tertiary/aromatic N) is 4. The number of carbonyl (C=O) groups excluding carboxylic acids is 1. The van der Waals surface area contributed by atoms with E-state index in [0.717, 1.165) is 24.2 Å². The Morgan fingerprint density at radius 3 is 3.00 bits per heavy atom. The summed E-state index contributed by atoms with van der Waals surface area (Å²) in [5.74, 6) is 0.391. The molecule has 1 aromatic carbocycles. The molecule has 0 spiro atoms. The Morgan fingerprint density at radius 2 is 2.17 bits per heavy atom. The second-order valence-corrected chi connectivity index (χ2v) is 6.38. The molecule has 0 radical (unpaired) electrons. The van der Waals surface area contributed by atoms with Gasteiger partial charge in [-0.15, -0.1) is 5.10 Å². The normalized spacial score (nSPS) is 22.8. The van der Waals surface area contributed by atoms with Gasteiger partial charge in [0.2, 0.25) is 5.91 Å². The second kappa shape index (κ2) is 6.24. The summed E-state index contributed by atoms with van der Waals surface area (Å²) in [6.07, 6.45) is 3.80. The average Bonchev–Trinajstić information content (AvgIpc) is 3.09. The van der Waals surface area contributed by atoms with Crippen LogP contribution in [0, 0.1) is 0 Å². The number of piperidine rings is 1. The fourth-order valence-electron chi connectivity index (χ4n) is 3.48. The molecule has 0 bridgehead atoms. The van der Waals surface area contributed by atoms with E-state index in [1.54, 1.807) is 18.3 Å². The minimum Gasteiger partial charge on any atom is -0.508 e. The van der Waals surface area contributed by atoms with Crippen molar-refractivity contribution in [2.75, 3.05) is 13.1 Å². The Kier molecular flexibility index (Phi) is 3.93. The molecular formula is C17H20N4O3. The minimum absolute atomic E-state index is 0.0580. The summed E-state index contributed by atoms with van der Waals surface area (Å²) < 4.78 is 7.78. The van der Waals surface area contributed by atoms with Crippen molar-refractivity contribution in [3.8, 4) is 5.75 Å². The van der Waals surface area contributed by atoms with Crippen molar-refractivity contribution in [2.45, 2.75) is 38.0 Å².